The van der Waals surface area contributed by atoms with Crippen LogP contribution >= 0.6 is 15.9 Å². The Bertz CT molecular complexity index is 806. The average molecular weight is 457 g/mol. The van der Waals surface area contributed by atoms with E-state index in [4.69, 9.17) is 0 Å². The number of halogens is 1. The Hall–Kier alpha value is -0.920. The van der Waals surface area contributed by atoms with Gasteiger partial charge in [-0.2, -0.15) is 0 Å². The van der Waals surface area contributed by atoms with E-state index in [1.807, 2.05) is 6.07 Å². The van der Waals surface area contributed by atoms with E-state index in [0.717, 1.165) is 56.2 Å². The zero-order valence-corrected chi connectivity index (χ0v) is 18.5. The molecule has 1 heterocycles. The van der Waals surface area contributed by atoms with Gasteiger partial charge >= 0.3 is 0 Å². The molecule has 1 aliphatic carbocycles. The van der Waals surface area contributed by atoms with Crippen LogP contribution in [0.4, 0.5) is 5.69 Å². The number of benzene rings is 1. The first-order chi connectivity index (χ1) is 12.9. The maximum absolute atomic E-state index is 12.9. The molecule has 0 saturated heterocycles. The molecule has 2 aliphatic rings. The standard InChI is InChI=1S/C20H29BrN2O3S/c1-3-5-6-14(4-2)13-22-27(25,26)19-12-18-16(11-17(19)21)9-10-23(18)20(24)15-7-8-15/h11-12,14-15,22H,3-10,13H2,1-2H3/t14-/m0/s1. The van der Waals surface area contributed by atoms with E-state index >= 15 is 0 Å². The molecule has 1 amide bonds. The van der Waals surface area contributed by atoms with Crippen LogP contribution in [0.3, 0.4) is 0 Å². The monoisotopic (exact) mass is 456 g/mol. The fourth-order valence-corrected chi connectivity index (χ4v) is 5.85. The Balaban J connectivity index is 1.79. The molecule has 1 saturated carbocycles. The molecule has 1 aromatic carbocycles. The summed E-state index contributed by atoms with van der Waals surface area (Å²) in [6, 6.07) is 3.53. The number of fused-ring (bicyclic) bond motifs is 1. The molecule has 0 bridgehead atoms. The van der Waals surface area contributed by atoms with E-state index in [1.165, 1.54) is 0 Å². The second-order valence-electron chi connectivity index (χ2n) is 7.69. The molecular formula is C20H29BrN2O3S. The topological polar surface area (TPSA) is 66.5 Å². The molecule has 5 nitrogen and oxygen atoms in total. The second-order valence-corrected chi connectivity index (χ2v) is 10.3. The van der Waals surface area contributed by atoms with Crippen LogP contribution < -0.4 is 9.62 Å². The summed E-state index contributed by atoms with van der Waals surface area (Å²) in [5, 5.41) is 0. The summed E-state index contributed by atoms with van der Waals surface area (Å²) in [7, 11) is -3.63. The Morgan fingerprint density at radius 3 is 2.70 bits per heavy atom. The van der Waals surface area contributed by atoms with Crippen molar-refractivity contribution < 1.29 is 13.2 Å². The molecule has 1 N–H and O–H groups in total. The van der Waals surface area contributed by atoms with E-state index in [9.17, 15) is 13.2 Å². The lowest BCUT2D eigenvalue weighted by Crippen LogP contribution is -2.31. The van der Waals surface area contributed by atoms with Gasteiger partial charge in [-0.1, -0.05) is 33.1 Å². The molecule has 27 heavy (non-hydrogen) atoms. The summed E-state index contributed by atoms with van der Waals surface area (Å²) in [6.07, 6.45) is 6.89. The molecule has 0 aromatic heterocycles. The molecule has 0 radical (unpaired) electrons. The van der Waals surface area contributed by atoms with Crippen LogP contribution in [0.1, 0.15) is 57.9 Å². The number of carbonyl (C=O) groups is 1. The fourth-order valence-electron chi connectivity index (χ4n) is 3.62. The van der Waals surface area contributed by atoms with Gasteiger partial charge in [0.25, 0.3) is 0 Å². The van der Waals surface area contributed by atoms with Gasteiger partial charge in [-0.05, 0) is 65.2 Å². The van der Waals surface area contributed by atoms with Gasteiger partial charge in [0.05, 0.1) is 4.90 Å². The zero-order valence-electron chi connectivity index (χ0n) is 16.1. The third-order valence-electron chi connectivity index (χ3n) is 5.62. The Morgan fingerprint density at radius 2 is 2.07 bits per heavy atom. The van der Waals surface area contributed by atoms with Gasteiger partial charge in [-0.15, -0.1) is 0 Å². The van der Waals surface area contributed by atoms with Gasteiger partial charge < -0.3 is 4.90 Å². The lowest BCUT2D eigenvalue weighted by molar-refractivity contribution is -0.119. The molecular weight excluding hydrogens is 428 g/mol. The van der Waals surface area contributed by atoms with Crippen molar-refractivity contribution in [3.05, 3.63) is 22.2 Å². The van der Waals surface area contributed by atoms with Gasteiger partial charge in [0.2, 0.25) is 15.9 Å². The summed E-state index contributed by atoms with van der Waals surface area (Å²) in [6.45, 7) is 5.34. The minimum atomic E-state index is -3.63. The van der Waals surface area contributed by atoms with Crippen molar-refractivity contribution in [2.45, 2.75) is 63.7 Å². The van der Waals surface area contributed by atoms with Crippen molar-refractivity contribution in [3.8, 4) is 0 Å². The van der Waals surface area contributed by atoms with Gasteiger partial charge in [-0.3, -0.25) is 4.79 Å². The fraction of sp³-hybridized carbons (Fsp3) is 0.650. The van der Waals surface area contributed by atoms with Crippen molar-refractivity contribution in [3.63, 3.8) is 0 Å². The highest BCUT2D eigenvalue weighted by molar-refractivity contribution is 9.10. The first-order valence-corrected chi connectivity index (χ1v) is 12.3. The molecule has 1 fully saturated rings. The maximum atomic E-state index is 12.9. The molecule has 150 valence electrons. The number of sulfonamides is 1. The van der Waals surface area contributed by atoms with Crippen molar-refractivity contribution in [1.29, 1.82) is 0 Å². The van der Waals surface area contributed by atoms with E-state index in [0.29, 0.717) is 23.5 Å². The lowest BCUT2D eigenvalue weighted by Gasteiger charge is -2.19. The Kier molecular flexibility index (Phi) is 6.64. The molecule has 0 spiro atoms. The highest BCUT2D eigenvalue weighted by atomic mass is 79.9. The number of rotatable bonds is 9. The van der Waals surface area contributed by atoms with Crippen LogP contribution in [0, 0.1) is 11.8 Å². The number of unbranched alkanes of at least 4 members (excludes halogenated alkanes) is 1. The normalized spacial score (nSPS) is 17.8. The number of hydrogen-bond donors (Lipinski definition) is 1. The molecule has 3 rings (SSSR count). The number of anilines is 1. The largest absolute Gasteiger partial charge is 0.312 e. The van der Waals surface area contributed by atoms with Crippen LogP contribution in [0.5, 0.6) is 0 Å². The third kappa shape index (κ3) is 4.74. The molecule has 0 unspecified atom stereocenters. The van der Waals surface area contributed by atoms with Crippen molar-refractivity contribution in [2.75, 3.05) is 18.0 Å². The van der Waals surface area contributed by atoms with Crippen molar-refractivity contribution in [2.24, 2.45) is 11.8 Å². The average Bonchev–Trinajstić information content (AvgIpc) is 3.41. The van der Waals surface area contributed by atoms with Gasteiger partial charge in [0.1, 0.15) is 0 Å². The quantitative estimate of drug-likeness (QED) is 0.603. The Labute approximate surface area is 171 Å². The van der Waals surface area contributed by atoms with Crippen LogP contribution in [-0.4, -0.2) is 27.4 Å². The van der Waals surface area contributed by atoms with Crippen molar-refractivity contribution in [1.82, 2.24) is 4.72 Å². The van der Waals surface area contributed by atoms with Crippen LogP contribution in [0.2, 0.25) is 0 Å². The van der Waals surface area contributed by atoms with Gasteiger partial charge in [-0.25, -0.2) is 13.1 Å². The first kappa shape index (κ1) is 20.8. The van der Waals surface area contributed by atoms with E-state index in [1.54, 1.807) is 11.0 Å². The molecule has 1 aliphatic heterocycles. The predicted octanol–water partition coefficient (Wildman–Crippen LogP) is 4.24. The molecule has 7 heteroatoms. The number of nitrogens with zero attached hydrogens (tertiary/aromatic N) is 1. The molecule has 1 aromatic rings. The summed E-state index contributed by atoms with van der Waals surface area (Å²) in [4.78, 5) is 14.5. The first-order valence-electron chi connectivity index (χ1n) is 10.0. The maximum Gasteiger partial charge on any atom is 0.241 e. The number of hydrogen-bond acceptors (Lipinski definition) is 3. The third-order valence-corrected chi connectivity index (χ3v) is 8.00. The van der Waals surface area contributed by atoms with E-state index in [2.05, 4.69) is 34.5 Å². The summed E-state index contributed by atoms with van der Waals surface area (Å²) < 4.78 is 29.2. The highest BCUT2D eigenvalue weighted by Gasteiger charge is 2.37. The SMILES string of the molecule is CCCC[C@H](CC)CNS(=O)(=O)c1cc2c(cc1Br)CCN2C(=O)C1CC1. The summed E-state index contributed by atoms with van der Waals surface area (Å²) in [5.74, 6) is 0.612. The summed E-state index contributed by atoms with van der Waals surface area (Å²) >= 11 is 3.43. The number of carbonyl (C=O) groups excluding carboxylic acids is 1. The van der Waals surface area contributed by atoms with E-state index < -0.39 is 10.0 Å². The van der Waals surface area contributed by atoms with Crippen LogP contribution in [0.25, 0.3) is 0 Å². The molecule has 1 atom stereocenters. The Morgan fingerprint density at radius 1 is 1.33 bits per heavy atom. The van der Waals surface area contributed by atoms with Gasteiger partial charge in [0, 0.05) is 29.2 Å². The minimum Gasteiger partial charge on any atom is -0.312 e. The van der Waals surface area contributed by atoms with Crippen LogP contribution in [-0.2, 0) is 21.2 Å². The van der Waals surface area contributed by atoms with Gasteiger partial charge in [0.15, 0.2) is 0 Å². The van der Waals surface area contributed by atoms with E-state index in [-0.39, 0.29) is 16.7 Å². The second kappa shape index (κ2) is 8.62. The highest BCUT2D eigenvalue weighted by Crippen LogP contribution is 2.39. The zero-order chi connectivity index (χ0) is 19.6. The van der Waals surface area contributed by atoms with Crippen LogP contribution in [0.15, 0.2) is 21.5 Å². The lowest BCUT2D eigenvalue weighted by atomic mass is 10.00. The number of nitrogens with one attached hydrogen (secondary N) is 1. The number of amides is 1. The van der Waals surface area contributed by atoms with Crippen molar-refractivity contribution >= 4 is 37.5 Å². The smallest absolute Gasteiger partial charge is 0.241 e. The predicted molar refractivity (Wildman–Crippen MR) is 111 cm³/mol. The minimum absolute atomic E-state index is 0.127. The summed E-state index contributed by atoms with van der Waals surface area (Å²) in [5.41, 5.74) is 1.79.